The van der Waals surface area contributed by atoms with Gasteiger partial charge >= 0.3 is 0 Å². The molecule has 0 unspecified atom stereocenters. The topological polar surface area (TPSA) is 77.0 Å². The average Bonchev–Trinajstić information content (AvgIpc) is 3.27. The van der Waals surface area contributed by atoms with Gasteiger partial charge in [0, 0.05) is 55.3 Å². The Balaban J connectivity index is 1.51. The van der Waals surface area contributed by atoms with Crippen LogP contribution in [-0.4, -0.2) is 43.8 Å². The molecule has 3 aromatic heterocycles. The predicted molar refractivity (Wildman–Crippen MR) is 100 cm³/mol. The van der Waals surface area contributed by atoms with E-state index in [-0.39, 0.29) is 11.8 Å². The molecule has 1 atom stereocenters. The van der Waals surface area contributed by atoms with Crippen LogP contribution in [0.4, 0.5) is 0 Å². The molecule has 140 valence electrons. The van der Waals surface area contributed by atoms with Gasteiger partial charge in [-0.15, -0.1) is 0 Å². The second-order valence-electron chi connectivity index (χ2n) is 7.16. The van der Waals surface area contributed by atoms with E-state index in [1.165, 1.54) is 0 Å². The number of nitrogens with zero attached hydrogens (tertiary/aromatic N) is 5. The molecule has 7 heteroatoms. The summed E-state index contributed by atoms with van der Waals surface area (Å²) in [6.07, 6.45) is 7.29. The fourth-order valence-corrected chi connectivity index (χ4v) is 3.81. The third kappa shape index (κ3) is 3.37. The summed E-state index contributed by atoms with van der Waals surface area (Å²) in [5, 5.41) is 8.11. The van der Waals surface area contributed by atoms with Crippen molar-refractivity contribution < 1.29 is 9.32 Å². The highest BCUT2D eigenvalue weighted by molar-refractivity contribution is 5.93. The first-order valence-electron chi connectivity index (χ1n) is 9.20. The van der Waals surface area contributed by atoms with Crippen LogP contribution in [0.15, 0.2) is 35.2 Å². The average molecular weight is 365 g/mol. The zero-order valence-electron chi connectivity index (χ0n) is 15.8. The lowest BCUT2D eigenvalue weighted by Gasteiger charge is -2.32. The maximum atomic E-state index is 12.7. The number of rotatable bonds is 3. The highest BCUT2D eigenvalue weighted by atomic mass is 16.5. The third-order valence-corrected chi connectivity index (χ3v) is 5.19. The Kier molecular flexibility index (Phi) is 4.51. The summed E-state index contributed by atoms with van der Waals surface area (Å²) in [6, 6.07) is 4.13. The molecule has 0 bridgehead atoms. The molecule has 0 radical (unpaired) electrons. The van der Waals surface area contributed by atoms with Crippen molar-refractivity contribution >= 4 is 5.91 Å². The smallest absolute Gasteiger partial charge is 0.257 e. The summed E-state index contributed by atoms with van der Waals surface area (Å²) in [7, 11) is 1.82. The van der Waals surface area contributed by atoms with E-state index >= 15 is 0 Å². The molecule has 1 fully saturated rings. The molecule has 0 N–H and O–H groups in total. The maximum absolute atomic E-state index is 12.7. The molecule has 0 aromatic carbocycles. The highest BCUT2D eigenvalue weighted by Gasteiger charge is 2.27. The monoisotopic (exact) mass is 365 g/mol. The van der Waals surface area contributed by atoms with Gasteiger partial charge in [0.2, 0.25) is 0 Å². The normalized spacial score (nSPS) is 17.3. The van der Waals surface area contributed by atoms with Gasteiger partial charge in [-0.3, -0.25) is 14.5 Å². The molecule has 27 heavy (non-hydrogen) atoms. The SMILES string of the molecule is Cc1noc(C)c1-c1ccc([C@@H]2CCCN(C(=O)c3cnn(C)c3)C2)nc1. The molecule has 0 saturated carbocycles. The molecule has 0 spiro atoms. The number of hydrogen-bond donors (Lipinski definition) is 0. The first-order chi connectivity index (χ1) is 13.0. The quantitative estimate of drug-likeness (QED) is 0.713. The summed E-state index contributed by atoms with van der Waals surface area (Å²) in [5.74, 6) is 1.09. The lowest BCUT2D eigenvalue weighted by Crippen LogP contribution is -2.39. The molecular formula is C20H23N5O2. The number of carbonyl (C=O) groups excluding carboxylic acids is 1. The minimum atomic E-state index is 0.0418. The van der Waals surface area contributed by atoms with Crippen LogP contribution in [0.25, 0.3) is 11.1 Å². The van der Waals surface area contributed by atoms with Gasteiger partial charge in [-0.2, -0.15) is 5.10 Å². The number of aromatic nitrogens is 4. The Morgan fingerprint density at radius 3 is 2.74 bits per heavy atom. The second-order valence-corrected chi connectivity index (χ2v) is 7.16. The largest absolute Gasteiger partial charge is 0.361 e. The Labute approximate surface area is 158 Å². The molecule has 0 aliphatic carbocycles. The fourth-order valence-electron chi connectivity index (χ4n) is 3.81. The van der Waals surface area contributed by atoms with Crippen molar-refractivity contribution in [2.45, 2.75) is 32.6 Å². The lowest BCUT2D eigenvalue weighted by molar-refractivity contribution is 0.0706. The maximum Gasteiger partial charge on any atom is 0.257 e. The van der Waals surface area contributed by atoms with Crippen LogP contribution in [0.5, 0.6) is 0 Å². The Bertz CT molecular complexity index is 938. The van der Waals surface area contributed by atoms with Crippen molar-refractivity contribution in [3.63, 3.8) is 0 Å². The molecule has 4 rings (SSSR count). The van der Waals surface area contributed by atoms with E-state index in [0.29, 0.717) is 12.1 Å². The lowest BCUT2D eigenvalue weighted by atomic mass is 9.93. The fraction of sp³-hybridized carbons (Fsp3) is 0.400. The number of likely N-dealkylation sites (tertiary alicyclic amines) is 1. The number of carbonyl (C=O) groups is 1. The van der Waals surface area contributed by atoms with Crippen LogP contribution in [0.1, 0.15) is 46.3 Å². The van der Waals surface area contributed by atoms with E-state index < -0.39 is 0 Å². The number of pyridine rings is 1. The summed E-state index contributed by atoms with van der Waals surface area (Å²) in [6.45, 7) is 5.31. The van der Waals surface area contributed by atoms with Crippen molar-refractivity contribution in [3.8, 4) is 11.1 Å². The molecule has 1 amide bonds. The Hall–Kier alpha value is -2.96. The van der Waals surface area contributed by atoms with E-state index in [2.05, 4.69) is 27.4 Å². The van der Waals surface area contributed by atoms with Crippen LogP contribution in [-0.2, 0) is 7.05 Å². The van der Waals surface area contributed by atoms with Crippen LogP contribution in [0.2, 0.25) is 0 Å². The molecule has 1 aliphatic rings. The van der Waals surface area contributed by atoms with E-state index in [1.54, 1.807) is 17.1 Å². The first-order valence-corrected chi connectivity index (χ1v) is 9.20. The van der Waals surface area contributed by atoms with Crippen LogP contribution in [0.3, 0.4) is 0 Å². The summed E-state index contributed by atoms with van der Waals surface area (Å²) in [4.78, 5) is 19.3. The number of hydrogen-bond acceptors (Lipinski definition) is 5. The summed E-state index contributed by atoms with van der Waals surface area (Å²) >= 11 is 0. The van der Waals surface area contributed by atoms with Gasteiger partial charge in [-0.1, -0.05) is 11.2 Å². The zero-order valence-corrected chi connectivity index (χ0v) is 15.8. The van der Waals surface area contributed by atoms with E-state index in [9.17, 15) is 4.79 Å². The summed E-state index contributed by atoms with van der Waals surface area (Å²) in [5.41, 5.74) is 4.54. The highest BCUT2D eigenvalue weighted by Crippen LogP contribution is 2.30. The number of piperidine rings is 1. The number of amides is 1. The van der Waals surface area contributed by atoms with Crippen molar-refractivity contribution in [1.29, 1.82) is 0 Å². The van der Waals surface area contributed by atoms with Gasteiger partial charge in [0.15, 0.2) is 0 Å². The molecule has 3 aromatic rings. The first kappa shape index (κ1) is 17.5. The van der Waals surface area contributed by atoms with Crippen molar-refractivity contribution in [2.75, 3.05) is 13.1 Å². The predicted octanol–water partition coefficient (Wildman–Crippen LogP) is 3.11. The van der Waals surface area contributed by atoms with E-state index in [4.69, 9.17) is 4.52 Å². The van der Waals surface area contributed by atoms with Crippen molar-refractivity contribution in [3.05, 3.63) is 53.4 Å². The van der Waals surface area contributed by atoms with Crippen LogP contribution >= 0.6 is 0 Å². The van der Waals surface area contributed by atoms with Crippen molar-refractivity contribution in [1.82, 2.24) is 24.8 Å². The van der Waals surface area contributed by atoms with Gasteiger partial charge in [-0.05, 0) is 32.8 Å². The molecule has 1 aliphatic heterocycles. The van der Waals surface area contributed by atoms with Gasteiger partial charge in [0.25, 0.3) is 5.91 Å². The Morgan fingerprint density at radius 2 is 2.11 bits per heavy atom. The second kappa shape index (κ2) is 6.98. The van der Waals surface area contributed by atoms with Gasteiger partial charge in [0.1, 0.15) is 5.76 Å². The van der Waals surface area contributed by atoms with Crippen molar-refractivity contribution in [2.24, 2.45) is 7.05 Å². The molecule has 1 saturated heterocycles. The molecule has 7 nitrogen and oxygen atoms in total. The van der Waals surface area contributed by atoms with Crippen LogP contribution in [0, 0.1) is 13.8 Å². The van der Waals surface area contributed by atoms with E-state index in [1.807, 2.05) is 32.0 Å². The van der Waals surface area contributed by atoms with E-state index in [0.717, 1.165) is 47.7 Å². The summed E-state index contributed by atoms with van der Waals surface area (Å²) < 4.78 is 6.91. The zero-order chi connectivity index (χ0) is 19.0. The van der Waals surface area contributed by atoms with Gasteiger partial charge in [-0.25, -0.2) is 0 Å². The standard InChI is InChI=1S/C20H23N5O2/c1-13-19(14(2)27-23-13)15-6-7-18(21-9-15)16-5-4-8-25(12-16)20(26)17-10-22-24(3)11-17/h6-7,9-11,16H,4-5,8,12H2,1-3H3/t16-/m1/s1. The minimum Gasteiger partial charge on any atom is -0.361 e. The minimum absolute atomic E-state index is 0.0418. The molecular weight excluding hydrogens is 342 g/mol. The van der Waals surface area contributed by atoms with Gasteiger partial charge in [0.05, 0.1) is 17.5 Å². The third-order valence-electron chi connectivity index (χ3n) is 5.19. The Morgan fingerprint density at radius 1 is 1.26 bits per heavy atom. The van der Waals surface area contributed by atoms with Crippen LogP contribution < -0.4 is 0 Å². The van der Waals surface area contributed by atoms with Gasteiger partial charge < -0.3 is 9.42 Å². The molecule has 4 heterocycles. The number of aryl methyl sites for hydroxylation is 3.